The maximum Gasteiger partial charge on any atom is 0.149 e. The molecule has 1 aliphatic rings. The van der Waals surface area contributed by atoms with Gasteiger partial charge in [0.25, 0.3) is 0 Å². The Labute approximate surface area is 135 Å². The average Bonchev–Trinajstić information content (AvgIpc) is 3.26. The third-order valence-corrected chi connectivity index (χ3v) is 4.20. The molecule has 2 aromatic carbocycles. The standard InChI is InChI=1S/C20H18N2O/c1-15-9-11-16(12-10-15)19-14-18(20-8-5-13-23-20)21-22(19)17-6-3-2-4-7-17/h2-13,19H,14H2,1H3. The highest BCUT2D eigenvalue weighted by Crippen LogP contribution is 2.36. The molecule has 4 rings (SSSR count). The molecule has 1 aliphatic heterocycles. The molecule has 3 aromatic rings. The van der Waals surface area contributed by atoms with Crippen LogP contribution in [0.5, 0.6) is 0 Å². The van der Waals surface area contributed by atoms with E-state index in [-0.39, 0.29) is 6.04 Å². The third kappa shape index (κ3) is 2.66. The Morgan fingerprint density at radius 1 is 0.957 bits per heavy atom. The summed E-state index contributed by atoms with van der Waals surface area (Å²) >= 11 is 0. The summed E-state index contributed by atoms with van der Waals surface area (Å²) < 4.78 is 5.55. The van der Waals surface area contributed by atoms with Crippen molar-refractivity contribution in [2.75, 3.05) is 5.01 Å². The zero-order valence-electron chi connectivity index (χ0n) is 13.0. The molecule has 0 spiro atoms. The average molecular weight is 302 g/mol. The minimum absolute atomic E-state index is 0.193. The van der Waals surface area contributed by atoms with Crippen LogP contribution in [0.1, 0.15) is 29.3 Å². The Hall–Kier alpha value is -2.81. The van der Waals surface area contributed by atoms with Crippen molar-refractivity contribution in [2.24, 2.45) is 5.10 Å². The highest BCUT2D eigenvalue weighted by molar-refractivity contribution is 6.01. The molecule has 3 heteroatoms. The molecule has 0 fully saturated rings. The first-order valence-corrected chi connectivity index (χ1v) is 7.83. The van der Waals surface area contributed by atoms with Crippen LogP contribution in [0.2, 0.25) is 0 Å². The number of aryl methyl sites for hydroxylation is 1. The lowest BCUT2D eigenvalue weighted by Gasteiger charge is -2.24. The molecule has 2 heterocycles. The van der Waals surface area contributed by atoms with Gasteiger partial charge in [-0.3, -0.25) is 5.01 Å². The van der Waals surface area contributed by atoms with Gasteiger partial charge in [-0.1, -0.05) is 48.0 Å². The fourth-order valence-electron chi connectivity index (χ4n) is 2.97. The van der Waals surface area contributed by atoms with Crippen molar-refractivity contribution in [3.05, 3.63) is 89.9 Å². The smallest absolute Gasteiger partial charge is 0.149 e. The van der Waals surface area contributed by atoms with Crippen molar-refractivity contribution in [3.63, 3.8) is 0 Å². The molecule has 0 saturated carbocycles. The number of anilines is 1. The summed E-state index contributed by atoms with van der Waals surface area (Å²) in [6.07, 6.45) is 2.54. The summed E-state index contributed by atoms with van der Waals surface area (Å²) in [6, 6.07) is 23.1. The van der Waals surface area contributed by atoms with Crippen LogP contribution in [0.15, 0.2) is 82.5 Å². The summed E-state index contributed by atoms with van der Waals surface area (Å²) in [5.74, 6) is 0.848. The molecule has 1 aromatic heterocycles. The number of hydrogen-bond donors (Lipinski definition) is 0. The van der Waals surface area contributed by atoms with Crippen molar-refractivity contribution in [1.29, 1.82) is 0 Å². The Morgan fingerprint density at radius 2 is 1.74 bits per heavy atom. The maximum absolute atomic E-state index is 5.55. The Bertz CT molecular complexity index is 805. The molecule has 0 aliphatic carbocycles. The molecule has 0 N–H and O–H groups in total. The summed E-state index contributed by atoms with van der Waals surface area (Å²) in [5, 5.41) is 6.94. The van der Waals surface area contributed by atoms with E-state index in [9.17, 15) is 0 Å². The van der Waals surface area contributed by atoms with Crippen LogP contribution < -0.4 is 5.01 Å². The zero-order valence-corrected chi connectivity index (χ0v) is 13.0. The molecule has 1 unspecified atom stereocenters. The van der Waals surface area contributed by atoms with Crippen LogP contribution in [0.25, 0.3) is 0 Å². The van der Waals surface area contributed by atoms with Crippen LogP contribution in [0.4, 0.5) is 5.69 Å². The van der Waals surface area contributed by atoms with E-state index >= 15 is 0 Å². The lowest BCUT2D eigenvalue weighted by molar-refractivity contribution is 0.556. The number of para-hydroxylation sites is 1. The van der Waals surface area contributed by atoms with Crippen LogP contribution in [-0.4, -0.2) is 5.71 Å². The highest BCUT2D eigenvalue weighted by atomic mass is 16.3. The predicted octanol–water partition coefficient (Wildman–Crippen LogP) is 4.94. The van der Waals surface area contributed by atoms with Crippen LogP contribution >= 0.6 is 0 Å². The van der Waals surface area contributed by atoms with Crippen molar-refractivity contribution >= 4 is 11.4 Å². The van der Waals surface area contributed by atoms with Crippen molar-refractivity contribution in [3.8, 4) is 0 Å². The molecular weight excluding hydrogens is 284 g/mol. The van der Waals surface area contributed by atoms with E-state index in [0.29, 0.717) is 0 Å². The molecule has 0 saturated heterocycles. The first kappa shape index (κ1) is 13.8. The normalized spacial score (nSPS) is 17.3. The quantitative estimate of drug-likeness (QED) is 0.685. The van der Waals surface area contributed by atoms with Crippen molar-refractivity contribution in [2.45, 2.75) is 19.4 Å². The van der Waals surface area contributed by atoms with Crippen LogP contribution in [-0.2, 0) is 0 Å². The van der Waals surface area contributed by atoms with Gasteiger partial charge in [0.05, 0.1) is 18.0 Å². The minimum Gasteiger partial charge on any atom is -0.463 e. The lowest BCUT2D eigenvalue weighted by Crippen LogP contribution is -2.18. The van der Waals surface area contributed by atoms with Crippen LogP contribution in [0.3, 0.4) is 0 Å². The molecule has 1 atom stereocenters. The summed E-state index contributed by atoms with van der Waals surface area (Å²) in [5.41, 5.74) is 4.62. The number of hydrazone groups is 1. The van der Waals surface area contributed by atoms with Crippen molar-refractivity contribution in [1.82, 2.24) is 0 Å². The van der Waals surface area contributed by atoms with Gasteiger partial charge in [-0.05, 0) is 36.8 Å². The van der Waals surface area contributed by atoms with E-state index < -0.39 is 0 Å². The number of furan rings is 1. The third-order valence-electron chi connectivity index (χ3n) is 4.20. The summed E-state index contributed by atoms with van der Waals surface area (Å²) in [4.78, 5) is 0. The Morgan fingerprint density at radius 3 is 2.43 bits per heavy atom. The van der Waals surface area contributed by atoms with E-state index in [1.165, 1.54) is 11.1 Å². The first-order valence-electron chi connectivity index (χ1n) is 7.83. The van der Waals surface area contributed by atoms with Gasteiger partial charge in [-0.2, -0.15) is 5.10 Å². The van der Waals surface area contributed by atoms with Gasteiger partial charge in [-0.15, -0.1) is 0 Å². The second-order valence-corrected chi connectivity index (χ2v) is 5.83. The predicted molar refractivity (Wildman–Crippen MR) is 92.7 cm³/mol. The molecule has 0 amide bonds. The zero-order chi connectivity index (χ0) is 15.6. The minimum atomic E-state index is 0.193. The maximum atomic E-state index is 5.55. The first-order chi connectivity index (χ1) is 11.3. The molecule has 114 valence electrons. The largest absolute Gasteiger partial charge is 0.463 e. The fourth-order valence-corrected chi connectivity index (χ4v) is 2.97. The van der Waals surface area contributed by atoms with E-state index in [2.05, 4.69) is 48.3 Å². The van der Waals surface area contributed by atoms with E-state index in [0.717, 1.165) is 23.6 Å². The van der Waals surface area contributed by atoms with Gasteiger partial charge in [0.15, 0.2) is 0 Å². The molecular formula is C20H18N2O. The van der Waals surface area contributed by atoms with Gasteiger partial charge < -0.3 is 4.42 Å². The summed E-state index contributed by atoms with van der Waals surface area (Å²) in [7, 11) is 0. The van der Waals surface area contributed by atoms with E-state index in [4.69, 9.17) is 9.52 Å². The van der Waals surface area contributed by atoms with E-state index in [1.54, 1.807) is 6.26 Å². The van der Waals surface area contributed by atoms with Gasteiger partial charge in [-0.25, -0.2) is 0 Å². The topological polar surface area (TPSA) is 28.7 Å². The summed E-state index contributed by atoms with van der Waals surface area (Å²) in [6.45, 7) is 2.11. The van der Waals surface area contributed by atoms with Gasteiger partial charge in [0.2, 0.25) is 0 Å². The molecule has 0 radical (unpaired) electrons. The fraction of sp³-hybridized carbons (Fsp3) is 0.150. The number of hydrogen-bond acceptors (Lipinski definition) is 3. The van der Waals surface area contributed by atoms with Gasteiger partial charge >= 0.3 is 0 Å². The molecule has 3 nitrogen and oxygen atoms in total. The Balaban J connectivity index is 1.74. The van der Waals surface area contributed by atoms with Gasteiger partial charge in [0.1, 0.15) is 11.5 Å². The highest BCUT2D eigenvalue weighted by Gasteiger charge is 2.30. The SMILES string of the molecule is Cc1ccc(C2CC(c3ccco3)=NN2c2ccccc2)cc1. The number of nitrogens with zero attached hydrogens (tertiary/aromatic N) is 2. The van der Waals surface area contributed by atoms with Crippen molar-refractivity contribution < 1.29 is 4.42 Å². The monoisotopic (exact) mass is 302 g/mol. The van der Waals surface area contributed by atoms with Crippen LogP contribution in [0, 0.1) is 6.92 Å². The number of benzene rings is 2. The number of rotatable bonds is 3. The second kappa shape index (κ2) is 5.76. The molecule has 23 heavy (non-hydrogen) atoms. The lowest BCUT2D eigenvalue weighted by atomic mass is 9.99. The van der Waals surface area contributed by atoms with E-state index in [1.807, 2.05) is 30.3 Å². The Kier molecular flexibility index (Phi) is 3.46. The molecule has 0 bridgehead atoms. The van der Waals surface area contributed by atoms with Gasteiger partial charge in [0, 0.05) is 6.42 Å². The second-order valence-electron chi connectivity index (χ2n) is 5.83.